The molecule has 0 aliphatic carbocycles. The zero-order valence-corrected chi connectivity index (χ0v) is 90.8. The zero-order chi connectivity index (χ0) is 101. The van der Waals surface area contributed by atoms with Gasteiger partial charge in [0.15, 0.2) is 6.29 Å². The van der Waals surface area contributed by atoms with E-state index >= 15 is 8.78 Å². The second-order valence-corrected chi connectivity index (χ2v) is 36.7. The Morgan fingerprint density at radius 2 is 0.711 bits per heavy atom. The van der Waals surface area contributed by atoms with Gasteiger partial charge in [-0.1, -0.05) is 182 Å². The molecule has 751 valence electrons. The second-order valence-electron chi connectivity index (χ2n) is 35.8. The standard InChI is InChI=1S/C39H35FN4O3.C35H28BrFN4O.C19H20FN3O2.C19H18FN3O2.C4H7O2.B.BrH.Na.Zn.H/c40-34-27-35-33(24-29(34)26-37-46-22-23-47-37)38(28-16-17-41-36(25-28)43-18-20-45-21-19-43)42-44(35)39(30-10-4-1-5-11-30,31-12-6-2-7-13-31)32-14-8-3-9-15-32;36-30-23-29-32(24-31(30)37)41(39-34(29)25-16-17-38-33(22-25)40-18-20-42-21-19-40)35(26-10-4-1-5-11-26,27-12-6-2-7-13-27)28-14-8-3-9-15-28;2*20-17-10-15-12-22-19(16(15)9-13(17)2-6-24)14-1-3-21-18(11-14)23-4-7-25-8-5-23;1-4-5-2-3-6-4;;;;;/h1-17,24-25,27,37H,18-23,26H2;1-17,22-24H,18-21H2;1,3,9-11,24H,2,4-8,12H2;1,3,6,9-11H,2,4-5,7-8,12H2;4H,1-3H2;;1H;;;/q;;;;-1;;;+1;+2;-1/p-1. The summed E-state index contributed by atoms with van der Waals surface area (Å²) in [5.41, 5.74) is 17.6. The molecule has 149 heavy (non-hydrogen) atoms. The average molecular weight is 2190 g/mol. The Balaban J connectivity index is 0.000000142. The van der Waals surface area contributed by atoms with E-state index in [0.717, 1.165) is 193 Å². The van der Waals surface area contributed by atoms with Gasteiger partial charge < -0.3 is 68.8 Å². The second kappa shape index (κ2) is 51.7. The zero-order valence-electron chi connectivity index (χ0n) is 83.6. The van der Waals surface area contributed by atoms with Gasteiger partial charge in [-0.25, -0.2) is 46.9 Å². The van der Waals surface area contributed by atoms with E-state index in [1.54, 1.807) is 36.7 Å². The number of aliphatic hydroxyl groups is 1. The van der Waals surface area contributed by atoms with Crippen LogP contribution in [0.5, 0.6) is 0 Å². The number of pyridine rings is 4. The fraction of sp³-hybridized carbons (Fsp3) is 0.259. The summed E-state index contributed by atoms with van der Waals surface area (Å²) >= 11 is 7.70. The van der Waals surface area contributed by atoms with Gasteiger partial charge in [-0.3, -0.25) is 16.9 Å². The molecule has 0 amide bonds. The number of halogens is 6. The number of rotatable bonds is 22. The van der Waals surface area contributed by atoms with Gasteiger partial charge in [0.05, 0.1) is 119 Å². The van der Waals surface area contributed by atoms with Crippen molar-refractivity contribution in [2.45, 2.75) is 56.0 Å². The number of aliphatic hydroxyl groups excluding tert-OH is 1. The molecular weight excluding hydrogens is 2080 g/mol. The normalized spacial score (nSPS) is 15.6. The summed E-state index contributed by atoms with van der Waals surface area (Å²) in [5, 5.41) is 21.7. The minimum absolute atomic E-state index is 0. The summed E-state index contributed by atoms with van der Waals surface area (Å²) in [6, 6.07) is 91.6. The Bertz CT molecular complexity index is 7080. The van der Waals surface area contributed by atoms with Crippen LogP contribution in [0.4, 0.5) is 40.8 Å². The van der Waals surface area contributed by atoms with Crippen LogP contribution in [0.1, 0.15) is 84.9 Å². The molecule has 16 aromatic rings. The molecule has 1 N–H and O–H groups in total. The molecule has 8 aliphatic heterocycles. The molecule has 0 unspecified atom stereocenters. The van der Waals surface area contributed by atoms with Gasteiger partial charge in [0.25, 0.3) is 0 Å². The maximum atomic E-state index is 16.3. The Morgan fingerprint density at radius 3 is 1.05 bits per heavy atom. The van der Waals surface area contributed by atoms with Crippen molar-refractivity contribution in [3.63, 3.8) is 0 Å². The van der Waals surface area contributed by atoms with E-state index in [0.29, 0.717) is 137 Å². The van der Waals surface area contributed by atoms with Crippen LogP contribution in [0.2, 0.25) is 0 Å². The first-order valence-electron chi connectivity index (χ1n) is 49.2. The molecule has 0 spiro atoms. The molecule has 6 fully saturated rings. The Kier molecular flexibility index (Phi) is 37.5. The summed E-state index contributed by atoms with van der Waals surface area (Å²) < 4.78 is 107. The first-order chi connectivity index (χ1) is 72.3. The van der Waals surface area contributed by atoms with E-state index in [2.05, 4.69) is 166 Å². The molecule has 0 atom stereocenters. The van der Waals surface area contributed by atoms with E-state index in [1.165, 1.54) is 22.4 Å². The number of carbonyl (C=O) groups excluding carboxylic acids is 1. The Morgan fingerprint density at radius 1 is 0.396 bits per heavy atom. The molecule has 24 nitrogen and oxygen atoms in total. The van der Waals surface area contributed by atoms with Crippen LogP contribution in [-0.2, 0) is 102 Å². The molecule has 3 radical (unpaired) electrons. The third-order valence-corrected chi connectivity index (χ3v) is 27.7. The molecule has 10 aromatic carbocycles. The predicted octanol–water partition coefficient (Wildman–Crippen LogP) is 16.4. The number of ether oxygens (including phenoxy) is 8. The molecule has 33 heteroatoms. The number of aromatic nitrogens is 8. The molecule has 24 rings (SSSR count). The van der Waals surface area contributed by atoms with Crippen LogP contribution in [-0.4, -0.2) is 222 Å². The maximum absolute atomic E-state index is 16.3. The summed E-state index contributed by atoms with van der Waals surface area (Å²) in [5.74, 6) is 2.27. The molecular formula is C116H109BBr2F4N14NaO10Zn. The molecule has 8 aliphatic rings. The van der Waals surface area contributed by atoms with Gasteiger partial charge in [-0.2, -0.15) is 10.2 Å². The van der Waals surface area contributed by atoms with Crippen LogP contribution in [0, 0.1) is 30.2 Å². The summed E-state index contributed by atoms with van der Waals surface area (Å²) in [7, 11) is 0. The van der Waals surface area contributed by atoms with Gasteiger partial charge in [0, 0.05) is 168 Å². The van der Waals surface area contributed by atoms with Gasteiger partial charge in [-0.15, -0.1) is 0 Å². The number of aliphatic imine (C=N–C) groups is 2. The number of fused-ring (bicyclic) bond motifs is 4. The molecule has 0 bridgehead atoms. The van der Waals surface area contributed by atoms with Crippen LogP contribution in [0.3, 0.4) is 0 Å². The monoisotopic (exact) mass is 2190 g/mol. The topological polar surface area (TPSA) is 236 Å². The van der Waals surface area contributed by atoms with Crippen molar-refractivity contribution in [1.29, 1.82) is 0 Å². The number of anilines is 4. The van der Waals surface area contributed by atoms with E-state index in [-0.39, 0.29) is 82.0 Å². The van der Waals surface area contributed by atoms with Crippen molar-refractivity contribution >= 4 is 101 Å². The van der Waals surface area contributed by atoms with Gasteiger partial charge >= 0.3 is 59.5 Å². The Labute approximate surface area is 913 Å². The van der Waals surface area contributed by atoms with E-state index in [1.807, 2.05) is 186 Å². The number of aldehydes is 1. The first-order valence-corrected chi connectivity index (χ1v) is 57.0. The summed E-state index contributed by atoms with van der Waals surface area (Å²) in [4.78, 5) is 47.1. The van der Waals surface area contributed by atoms with Crippen molar-refractivity contribution in [3.8, 4) is 22.5 Å². The van der Waals surface area contributed by atoms with E-state index in [9.17, 15) is 13.6 Å². The first kappa shape index (κ1) is 108. The quantitative estimate of drug-likeness (QED) is 0.0218. The Hall–Kier alpha value is -12.0. The molecule has 14 heterocycles. The average Bonchev–Trinajstić information content (AvgIpc) is 1.53. The van der Waals surface area contributed by atoms with Gasteiger partial charge in [0.1, 0.15) is 75.3 Å². The number of nitrogens with zero attached hydrogens (tertiary/aromatic N) is 14. The molecule has 0 saturated carbocycles. The van der Waals surface area contributed by atoms with E-state index in [4.69, 9.17) is 58.2 Å². The number of carbonyl (C=O) groups is 1. The fourth-order valence-electron chi connectivity index (χ4n) is 20.0. The van der Waals surface area contributed by atoms with Crippen LogP contribution >= 0.6 is 29.6 Å². The third kappa shape index (κ3) is 24.1. The van der Waals surface area contributed by atoms with E-state index < -0.39 is 17.4 Å². The predicted molar refractivity (Wildman–Crippen MR) is 572 cm³/mol. The molecule has 6 saturated heterocycles. The third-order valence-electron chi connectivity index (χ3n) is 27.1. The number of morpholine rings is 4. The van der Waals surface area contributed by atoms with Gasteiger partial charge in [-0.05, 0) is 168 Å². The number of hydrogen-bond acceptors (Lipinski definition) is 22. The summed E-state index contributed by atoms with van der Waals surface area (Å²) in [6.07, 6.45) is 7.94. The number of hydrogen-bond donors (Lipinski definition) is 1. The van der Waals surface area contributed by atoms with Gasteiger partial charge in [0.2, 0.25) is 0 Å². The fourth-order valence-corrected chi connectivity index (χ4v) is 20.3. The SMILES string of the molecule is Fc1cc2c(cc1Br)c(-c1ccnc(N3CCOCC3)c1)nn2C(c1ccccc1)(c1ccccc1)c1ccccc1.Fc1cc2c(cc1CC1OCCO1)c(-c1ccnc(N3CCOCC3)c1)nn2C(c1ccccc1)(c1ccccc1)c1ccccc1.O=CCc1cc2c(cc1F)CN=C2c1ccnc(N2CCOCC2)c1.OCCc1cc2c(cc1F)CN=C2c1ccnc(N2CCOCC2)c1.[B].[CH2-]C1OCCO1.[H-].[Na+].[Zn+][Br]. The van der Waals surface area contributed by atoms with Crippen molar-refractivity contribution in [2.24, 2.45) is 9.98 Å². The van der Waals surface area contributed by atoms with Crippen molar-refractivity contribution in [2.75, 3.05) is 158 Å². The van der Waals surface area contributed by atoms with Crippen molar-refractivity contribution in [1.82, 2.24) is 39.5 Å². The summed E-state index contributed by atoms with van der Waals surface area (Å²) in [6.45, 7) is 18.6. The van der Waals surface area contributed by atoms with Crippen LogP contribution in [0.15, 0.2) is 318 Å². The van der Waals surface area contributed by atoms with Crippen LogP contribution < -0.4 is 49.2 Å². The van der Waals surface area contributed by atoms with Crippen molar-refractivity contribution in [3.05, 3.63) is 422 Å². The van der Waals surface area contributed by atoms with Crippen LogP contribution in [0.25, 0.3) is 44.3 Å². The van der Waals surface area contributed by atoms with Crippen molar-refractivity contribution < 1.29 is 113 Å². The number of benzene rings is 10. The molecule has 6 aromatic heterocycles. The minimum atomic E-state index is -0.925.